The Hall–Kier alpha value is -2.15. The van der Waals surface area contributed by atoms with Gasteiger partial charge in [0.2, 0.25) is 5.91 Å². The van der Waals surface area contributed by atoms with Crippen LogP contribution in [0.1, 0.15) is 43.0 Å². The maximum atomic E-state index is 12.6. The molecule has 1 unspecified atom stereocenters. The van der Waals surface area contributed by atoms with E-state index in [1.165, 1.54) is 6.42 Å². The second-order valence-electron chi connectivity index (χ2n) is 7.24. The molecule has 1 N–H and O–H groups in total. The van der Waals surface area contributed by atoms with Crippen LogP contribution in [0.5, 0.6) is 0 Å². The molecule has 0 bridgehead atoms. The Labute approximate surface area is 161 Å². The van der Waals surface area contributed by atoms with Crippen molar-refractivity contribution < 1.29 is 14.3 Å². The van der Waals surface area contributed by atoms with Gasteiger partial charge in [-0.2, -0.15) is 0 Å². The molecule has 7 nitrogen and oxygen atoms in total. The molecule has 148 valence electrons. The van der Waals surface area contributed by atoms with E-state index >= 15 is 0 Å². The lowest BCUT2D eigenvalue weighted by Crippen LogP contribution is -2.49. The summed E-state index contributed by atoms with van der Waals surface area (Å²) >= 11 is 0. The lowest BCUT2D eigenvalue weighted by Gasteiger charge is -2.36. The Morgan fingerprint density at radius 3 is 2.70 bits per heavy atom. The molecule has 3 heterocycles. The monoisotopic (exact) mass is 374 g/mol. The first-order valence-electron chi connectivity index (χ1n) is 10.0. The van der Waals surface area contributed by atoms with Crippen LogP contribution in [-0.2, 0) is 9.53 Å². The van der Waals surface area contributed by atoms with Gasteiger partial charge in [0.1, 0.15) is 5.82 Å². The first-order valence-corrected chi connectivity index (χ1v) is 10.0. The molecule has 1 atom stereocenters. The minimum atomic E-state index is -0.347. The summed E-state index contributed by atoms with van der Waals surface area (Å²) in [5.41, 5.74) is 0.465. The van der Waals surface area contributed by atoms with Gasteiger partial charge in [-0.25, -0.2) is 9.78 Å². The normalized spacial score (nSPS) is 20.9. The van der Waals surface area contributed by atoms with Gasteiger partial charge in [0.15, 0.2) is 0 Å². The van der Waals surface area contributed by atoms with Crippen molar-refractivity contribution in [3.05, 3.63) is 23.9 Å². The van der Waals surface area contributed by atoms with Gasteiger partial charge in [-0.15, -0.1) is 0 Å². The van der Waals surface area contributed by atoms with E-state index in [1.54, 1.807) is 19.2 Å². The number of hydrogen-bond acceptors (Lipinski definition) is 6. The average Bonchev–Trinajstić information content (AvgIpc) is 2.97. The Bertz CT molecular complexity index is 619. The Morgan fingerprint density at radius 1 is 1.19 bits per heavy atom. The van der Waals surface area contributed by atoms with Crippen LogP contribution in [0.4, 0.5) is 5.82 Å². The van der Waals surface area contributed by atoms with E-state index < -0.39 is 0 Å². The fraction of sp³-hybridized carbons (Fsp3) is 0.650. The average molecular weight is 374 g/mol. The lowest BCUT2D eigenvalue weighted by atomic mass is 9.96. The van der Waals surface area contributed by atoms with Gasteiger partial charge >= 0.3 is 5.97 Å². The largest absolute Gasteiger partial charge is 0.462 e. The molecule has 7 heteroatoms. The number of rotatable bonds is 5. The van der Waals surface area contributed by atoms with Crippen LogP contribution in [0.3, 0.4) is 0 Å². The number of carbonyl (C=O) groups is 2. The number of anilines is 1. The van der Waals surface area contributed by atoms with Crippen LogP contribution in [0.2, 0.25) is 0 Å². The van der Waals surface area contributed by atoms with E-state index in [0.717, 1.165) is 57.9 Å². The number of pyridine rings is 1. The second-order valence-corrected chi connectivity index (χ2v) is 7.24. The minimum Gasteiger partial charge on any atom is -0.462 e. The fourth-order valence-corrected chi connectivity index (χ4v) is 3.76. The molecule has 2 aliphatic heterocycles. The molecular formula is C20H30N4O3. The van der Waals surface area contributed by atoms with E-state index in [2.05, 4.69) is 15.2 Å². The van der Waals surface area contributed by atoms with Crippen molar-refractivity contribution in [3.8, 4) is 0 Å². The summed E-state index contributed by atoms with van der Waals surface area (Å²) in [4.78, 5) is 32.9. The van der Waals surface area contributed by atoms with Gasteiger partial charge in [0.05, 0.1) is 12.2 Å². The smallest absolute Gasteiger partial charge is 0.339 e. The van der Waals surface area contributed by atoms with Crippen LogP contribution in [0.15, 0.2) is 18.3 Å². The second kappa shape index (κ2) is 9.69. The zero-order valence-corrected chi connectivity index (χ0v) is 16.2. The molecule has 1 aromatic heterocycles. The van der Waals surface area contributed by atoms with E-state index in [-0.39, 0.29) is 11.9 Å². The standard InChI is InChI=1S/C20H30N4O3/c1-2-27-20(26)17-5-6-18(22-15-17)23-10-12-24(13-11-23)19(25)14-16-4-3-8-21-9-7-16/h5-6,15-16,21H,2-4,7-14H2,1H3. The van der Waals surface area contributed by atoms with Crippen molar-refractivity contribution in [1.29, 1.82) is 0 Å². The molecule has 3 rings (SSSR count). The third-order valence-corrected chi connectivity index (χ3v) is 5.37. The Balaban J connectivity index is 1.48. The molecule has 0 spiro atoms. The van der Waals surface area contributed by atoms with Crippen molar-refractivity contribution >= 4 is 17.7 Å². The number of carbonyl (C=O) groups excluding carboxylic acids is 2. The van der Waals surface area contributed by atoms with Gasteiger partial charge in [-0.05, 0) is 57.3 Å². The predicted octanol–water partition coefficient (Wildman–Crippen LogP) is 1.69. The number of nitrogens with zero attached hydrogens (tertiary/aromatic N) is 3. The zero-order valence-electron chi connectivity index (χ0n) is 16.2. The summed E-state index contributed by atoms with van der Waals surface area (Å²) in [5, 5.41) is 3.40. The topological polar surface area (TPSA) is 74.8 Å². The molecule has 1 aromatic rings. The van der Waals surface area contributed by atoms with E-state index in [0.29, 0.717) is 24.5 Å². The predicted molar refractivity (Wildman–Crippen MR) is 104 cm³/mol. The molecule has 0 saturated carbocycles. The van der Waals surface area contributed by atoms with Gasteiger partial charge in [0.25, 0.3) is 0 Å². The van der Waals surface area contributed by atoms with Crippen LogP contribution in [0, 0.1) is 5.92 Å². The zero-order chi connectivity index (χ0) is 19.1. The van der Waals surface area contributed by atoms with Crippen molar-refractivity contribution in [1.82, 2.24) is 15.2 Å². The number of ether oxygens (including phenoxy) is 1. The van der Waals surface area contributed by atoms with E-state index in [9.17, 15) is 9.59 Å². The van der Waals surface area contributed by atoms with Crippen molar-refractivity contribution in [3.63, 3.8) is 0 Å². The first kappa shape index (κ1) is 19.6. The highest BCUT2D eigenvalue weighted by Gasteiger charge is 2.24. The molecule has 2 fully saturated rings. The molecule has 2 saturated heterocycles. The first-order chi connectivity index (χ1) is 13.2. The number of aromatic nitrogens is 1. The van der Waals surface area contributed by atoms with Crippen LogP contribution in [0.25, 0.3) is 0 Å². The molecule has 0 aromatic carbocycles. The van der Waals surface area contributed by atoms with Crippen molar-refractivity contribution in [2.45, 2.75) is 32.6 Å². The maximum Gasteiger partial charge on any atom is 0.339 e. The number of esters is 1. The molecule has 2 aliphatic rings. The summed E-state index contributed by atoms with van der Waals surface area (Å²) in [6, 6.07) is 3.60. The summed E-state index contributed by atoms with van der Waals surface area (Å²) in [6.45, 7) is 7.23. The highest BCUT2D eigenvalue weighted by atomic mass is 16.5. The van der Waals surface area contributed by atoms with Crippen molar-refractivity contribution in [2.75, 3.05) is 50.8 Å². The third kappa shape index (κ3) is 5.42. The molecule has 1 amide bonds. The Morgan fingerprint density at radius 2 is 2.00 bits per heavy atom. The van der Waals surface area contributed by atoms with E-state index in [1.807, 2.05) is 11.0 Å². The minimum absolute atomic E-state index is 0.284. The number of nitrogens with one attached hydrogen (secondary N) is 1. The third-order valence-electron chi connectivity index (χ3n) is 5.37. The van der Waals surface area contributed by atoms with Crippen LogP contribution >= 0.6 is 0 Å². The van der Waals surface area contributed by atoms with E-state index in [4.69, 9.17) is 4.74 Å². The lowest BCUT2D eigenvalue weighted by molar-refractivity contribution is -0.132. The maximum absolute atomic E-state index is 12.6. The van der Waals surface area contributed by atoms with Gasteiger partial charge in [-0.1, -0.05) is 0 Å². The number of amides is 1. The molecule has 0 aliphatic carbocycles. The number of hydrogen-bond donors (Lipinski definition) is 1. The SMILES string of the molecule is CCOC(=O)c1ccc(N2CCN(C(=O)CC3CCCNCC3)CC2)nc1. The van der Waals surface area contributed by atoms with Crippen LogP contribution < -0.4 is 10.2 Å². The molecule has 0 radical (unpaired) electrons. The highest BCUT2D eigenvalue weighted by Crippen LogP contribution is 2.20. The molecule has 27 heavy (non-hydrogen) atoms. The summed E-state index contributed by atoms with van der Waals surface area (Å²) in [5.74, 6) is 1.29. The van der Waals surface area contributed by atoms with Gasteiger partial charge in [0, 0.05) is 38.8 Å². The highest BCUT2D eigenvalue weighted by molar-refractivity contribution is 5.89. The summed E-state index contributed by atoms with van der Waals surface area (Å²) < 4.78 is 4.98. The van der Waals surface area contributed by atoms with Gasteiger partial charge < -0.3 is 19.9 Å². The summed E-state index contributed by atoms with van der Waals surface area (Å²) in [6.07, 6.45) is 5.65. The summed E-state index contributed by atoms with van der Waals surface area (Å²) in [7, 11) is 0. The Kier molecular flexibility index (Phi) is 7.04. The quantitative estimate of drug-likeness (QED) is 0.791. The fourth-order valence-electron chi connectivity index (χ4n) is 3.76. The number of piperazine rings is 1. The van der Waals surface area contributed by atoms with Crippen LogP contribution in [-0.4, -0.2) is 67.6 Å². The van der Waals surface area contributed by atoms with Gasteiger partial charge in [-0.3, -0.25) is 4.79 Å². The van der Waals surface area contributed by atoms with Crippen molar-refractivity contribution in [2.24, 2.45) is 5.92 Å². The molecular weight excluding hydrogens is 344 g/mol.